The Morgan fingerprint density at radius 3 is 2.67 bits per heavy atom. The lowest BCUT2D eigenvalue weighted by Crippen LogP contribution is -2.53. The highest BCUT2D eigenvalue weighted by Crippen LogP contribution is 2.57. The van der Waals surface area contributed by atoms with Gasteiger partial charge in [-0.1, -0.05) is 37.6 Å². The number of carbonyl (C=O) groups is 1. The van der Waals surface area contributed by atoms with Crippen molar-refractivity contribution in [3.63, 3.8) is 0 Å². The maximum Gasteiger partial charge on any atom is 0.329 e. The van der Waals surface area contributed by atoms with E-state index in [1.807, 2.05) is 30.5 Å². The van der Waals surface area contributed by atoms with Crippen LogP contribution in [-0.4, -0.2) is 59.6 Å². The molecule has 294 valence electrons. The highest BCUT2D eigenvalue weighted by atomic mass is 35.5. The fourth-order valence-electron chi connectivity index (χ4n) is 9.25. The third-order valence-electron chi connectivity index (χ3n) is 12.1. The first kappa shape index (κ1) is 39.1. The minimum absolute atomic E-state index is 0.0108. The van der Waals surface area contributed by atoms with Gasteiger partial charge in [0.25, 0.3) is 10.0 Å². The lowest BCUT2D eigenvalue weighted by Gasteiger charge is -2.47. The summed E-state index contributed by atoms with van der Waals surface area (Å²) in [5, 5.41) is 18.6. The molecule has 3 N–H and O–H groups in total. The van der Waals surface area contributed by atoms with Gasteiger partial charge < -0.3 is 19.9 Å². The number of pyridine rings is 1. The standard InChI is InChI=1S/C42H52ClN5O6S/c1-28(27-54-37-13-20-44-36-10-4-7-29(2)39(36)37)23-31-24-30-11-12-34(53-22-6-19-45-55(51,52)38-14-21-48(3)47-38)26-35(30)41(31)15-17-42(18-16-41,40(49)50)46-33-9-5-8-32(43)25-33/h5,8-9,11-14,20-21,25-26,28-29,31,45-46H,4,6-7,10,15-19,22-24,27H2,1-3H3,(H,49,50)/t28-,29-,31?,41?,42?/m1/s1. The number of fused-ring (bicyclic) bond motifs is 3. The smallest absolute Gasteiger partial charge is 0.329 e. The fraction of sp³-hybridized carbons (Fsp3) is 0.500. The van der Waals surface area contributed by atoms with Crippen LogP contribution in [0.4, 0.5) is 5.69 Å². The maximum atomic E-state index is 13.0. The van der Waals surface area contributed by atoms with Gasteiger partial charge >= 0.3 is 5.97 Å². The Kier molecular flexibility index (Phi) is 11.5. The first-order chi connectivity index (χ1) is 26.4. The van der Waals surface area contributed by atoms with Crippen molar-refractivity contribution >= 4 is 33.3 Å². The van der Waals surface area contributed by atoms with Crippen molar-refractivity contribution < 1.29 is 27.8 Å². The number of aromatic nitrogens is 3. The summed E-state index contributed by atoms with van der Waals surface area (Å²) in [5.74, 6) is 1.81. The molecule has 7 rings (SSSR count). The Bertz CT molecular complexity index is 2110. The zero-order valence-corrected chi connectivity index (χ0v) is 33.5. The molecule has 0 radical (unpaired) electrons. The molecule has 2 aromatic carbocycles. The van der Waals surface area contributed by atoms with Crippen LogP contribution < -0.4 is 19.5 Å². The van der Waals surface area contributed by atoms with E-state index in [0.29, 0.717) is 67.9 Å². The molecule has 3 atom stereocenters. The third kappa shape index (κ3) is 8.37. The molecule has 13 heteroatoms. The summed E-state index contributed by atoms with van der Waals surface area (Å²) < 4.78 is 42.0. The van der Waals surface area contributed by atoms with E-state index in [4.69, 9.17) is 21.1 Å². The second-order valence-corrected chi connectivity index (χ2v) is 18.1. The Morgan fingerprint density at radius 2 is 1.93 bits per heavy atom. The number of nitrogens with zero attached hydrogens (tertiary/aromatic N) is 3. The Morgan fingerprint density at radius 1 is 1.11 bits per heavy atom. The summed E-state index contributed by atoms with van der Waals surface area (Å²) in [7, 11) is -2.02. The summed E-state index contributed by atoms with van der Waals surface area (Å²) in [6.07, 6.45) is 11.4. The van der Waals surface area contributed by atoms with Crippen LogP contribution in [0.25, 0.3) is 0 Å². The van der Waals surface area contributed by atoms with Gasteiger partial charge in [-0.15, -0.1) is 0 Å². The Labute approximate surface area is 329 Å². The van der Waals surface area contributed by atoms with Gasteiger partial charge in [0.1, 0.15) is 17.0 Å². The van der Waals surface area contributed by atoms with Crippen LogP contribution in [0.2, 0.25) is 5.02 Å². The molecule has 3 aliphatic rings. The number of sulfonamides is 1. The molecule has 0 amide bonds. The predicted octanol–water partition coefficient (Wildman–Crippen LogP) is 7.68. The van der Waals surface area contributed by atoms with Crippen LogP contribution >= 0.6 is 11.6 Å². The quantitative estimate of drug-likeness (QED) is 0.103. The number of benzene rings is 2. The Hall–Kier alpha value is -4.13. The number of nitrogens with one attached hydrogen (secondary N) is 2. The van der Waals surface area contributed by atoms with Crippen LogP contribution in [0, 0.1) is 11.8 Å². The van der Waals surface area contributed by atoms with Gasteiger partial charge in [0.2, 0.25) is 0 Å². The molecule has 0 aliphatic heterocycles. The molecule has 1 unspecified atom stereocenters. The minimum atomic E-state index is -3.69. The molecule has 0 bridgehead atoms. The first-order valence-electron chi connectivity index (χ1n) is 19.5. The highest BCUT2D eigenvalue weighted by molar-refractivity contribution is 7.89. The van der Waals surface area contributed by atoms with Gasteiger partial charge in [-0.05, 0) is 141 Å². The molecular formula is C42H52ClN5O6S. The molecular weight excluding hydrogens is 738 g/mol. The zero-order chi connectivity index (χ0) is 38.8. The molecule has 11 nitrogen and oxygen atoms in total. The van der Waals surface area contributed by atoms with Crippen molar-refractivity contribution in [3.05, 3.63) is 94.4 Å². The van der Waals surface area contributed by atoms with E-state index in [0.717, 1.165) is 49.3 Å². The molecule has 3 aliphatic carbocycles. The second-order valence-electron chi connectivity index (χ2n) is 15.9. The van der Waals surface area contributed by atoms with Gasteiger partial charge in [-0.25, -0.2) is 17.9 Å². The van der Waals surface area contributed by atoms with Gasteiger partial charge in [-0.2, -0.15) is 5.10 Å². The number of carboxylic acid groups (broad SMARTS) is 1. The SMILES string of the molecule is C[C@@H](COc1ccnc2c1[C@H](C)CCC2)CC1Cc2ccc(OCCCNS(=O)(=O)c3ccn(C)n3)cc2C12CCC(Nc1cccc(Cl)c1)(C(=O)O)CC2. The van der Waals surface area contributed by atoms with E-state index in [9.17, 15) is 18.3 Å². The molecule has 55 heavy (non-hydrogen) atoms. The largest absolute Gasteiger partial charge is 0.494 e. The predicted molar refractivity (Wildman–Crippen MR) is 213 cm³/mol. The van der Waals surface area contributed by atoms with Crippen LogP contribution in [0.5, 0.6) is 11.5 Å². The number of carboxylic acids is 1. The van der Waals surface area contributed by atoms with Gasteiger partial charge in [0.05, 0.1) is 13.2 Å². The molecule has 4 aromatic rings. The van der Waals surface area contributed by atoms with E-state index in [-0.39, 0.29) is 22.9 Å². The molecule has 0 saturated heterocycles. The summed E-state index contributed by atoms with van der Waals surface area (Å²) in [5.41, 5.74) is 4.27. The van der Waals surface area contributed by atoms with Crippen molar-refractivity contribution in [2.24, 2.45) is 18.9 Å². The van der Waals surface area contributed by atoms with Crippen LogP contribution in [0.3, 0.4) is 0 Å². The molecule has 1 fully saturated rings. The maximum absolute atomic E-state index is 13.0. The number of hydrogen-bond donors (Lipinski definition) is 3. The number of hydrogen-bond acceptors (Lipinski definition) is 8. The van der Waals surface area contributed by atoms with E-state index in [1.54, 1.807) is 25.4 Å². The first-order valence-corrected chi connectivity index (χ1v) is 21.4. The summed E-state index contributed by atoms with van der Waals surface area (Å²) in [6, 6.07) is 17.0. The average molecular weight is 790 g/mol. The van der Waals surface area contributed by atoms with E-state index >= 15 is 0 Å². The second kappa shape index (κ2) is 16.2. The van der Waals surface area contributed by atoms with Crippen molar-refractivity contribution in [1.82, 2.24) is 19.5 Å². The van der Waals surface area contributed by atoms with E-state index in [1.165, 1.54) is 27.4 Å². The van der Waals surface area contributed by atoms with Crippen LogP contribution in [0.1, 0.15) is 93.5 Å². The van der Waals surface area contributed by atoms with Gasteiger partial charge in [0, 0.05) is 48.0 Å². The lowest BCUT2D eigenvalue weighted by molar-refractivity contribution is -0.144. The van der Waals surface area contributed by atoms with Crippen LogP contribution in [-0.2, 0) is 40.1 Å². The van der Waals surface area contributed by atoms with Crippen molar-refractivity contribution in [3.8, 4) is 11.5 Å². The van der Waals surface area contributed by atoms with Gasteiger partial charge in [0.15, 0.2) is 5.03 Å². The lowest BCUT2D eigenvalue weighted by atomic mass is 9.59. The number of ether oxygens (including phenoxy) is 2. The summed E-state index contributed by atoms with van der Waals surface area (Å²) in [4.78, 5) is 17.7. The fourth-order valence-corrected chi connectivity index (χ4v) is 10.5. The average Bonchev–Trinajstić information content (AvgIpc) is 3.73. The van der Waals surface area contributed by atoms with E-state index < -0.39 is 21.5 Å². The highest BCUT2D eigenvalue weighted by Gasteiger charge is 2.54. The van der Waals surface area contributed by atoms with Crippen molar-refractivity contribution in [2.75, 3.05) is 25.1 Å². The molecule has 1 saturated carbocycles. The van der Waals surface area contributed by atoms with Crippen LogP contribution in [0.15, 0.2) is 72.0 Å². The topological polar surface area (TPSA) is 145 Å². The zero-order valence-electron chi connectivity index (χ0n) is 31.9. The Balaban J connectivity index is 1.07. The summed E-state index contributed by atoms with van der Waals surface area (Å²) >= 11 is 6.28. The minimum Gasteiger partial charge on any atom is -0.494 e. The summed E-state index contributed by atoms with van der Waals surface area (Å²) in [6.45, 7) is 5.67. The normalized spacial score (nSPS) is 23.9. The van der Waals surface area contributed by atoms with E-state index in [2.05, 4.69) is 46.1 Å². The van der Waals surface area contributed by atoms with Crippen molar-refractivity contribution in [2.45, 2.75) is 100.0 Å². The number of rotatable bonds is 15. The molecule has 2 heterocycles. The van der Waals surface area contributed by atoms with Gasteiger partial charge in [-0.3, -0.25) is 9.67 Å². The monoisotopic (exact) mass is 789 g/mol. The number of anilines is 1. The number of aliphatic carboxylic acids is 1. The number of aryl methyl sites for hydroxylation is 2. The molecule has 2 aromatic heterocycles. The molecule has 1 spiro atoms. The van der Waals surface area contributed by atoms with Crippen molar-refractivity contribution in [1.29, 1.82) is 0 Å². The number of halogens is 1. The third-order valence-corrected chi connectivity index (χ3v) is 13.7.